The second-order valence-electron chi connectivity index (χ2n) is 5.10. The Bertz CT molecular complexity index is 583. The van der Waals surface area contributed by atoms with Crippen molar-refractivity contribution >= 4 is 5.97 Å². The molecule has 0 amide bonds. The van der Waals surface area contributed by atoms with Crippen LogP contribution < -0.4 is 0 Å². The monoisotopic (exact) mass is 256 g/mol. The van der Waals surface area contributed by atoms with Crippen molar-refractivity contribution in [1.29, 1.82) is 0 Å². The van der Waals surface area contributed by atoms with Crippen LogP contribution >= 0.6 is 0 Å². The van der Waals surface area contributed by atoms with Gasteiger partial charge in [0.1, 0.15) is 0 Å². The van der Waals surface area contributed by atoms with Crippen LogP contribution in [0.4, 0.5) is 0 Å². The van der Waals surface area contributed by atoms with E-state index in [2.05, 4.69) is 5.10 Å². The number of benzene rings is 1. The molecule has 0 unspecified atom stereocenters. The van der Waals surface area contributed by atoms with Crippen molar-refractivity contribution in [2.75, 3.05) is 0 Å². The zero-order valence-corrected chi connectivity index (χ0v) is 10.6. The molecule has 4 heteroatoms. The molecule has 1 fully saturated rings. The molecule has 1 saturated carbocycles. The average Bonchev–Trinajstić information content (AvgIpc) is 3.09. The number of aliphatic carboxylic acids is 1. The molecule has 1 aliphatic rings. The maximum atomic E-state index is 11.6. The van der Waals surface area contributed by atoms with Gasteiger partial charge in [0.25, 0.3) is 0 Å². The summed E-state index contributed by atoms with van der Waals surface area (Å²) in [5, 5.41) is 13.9. The van der Waals surface area contributed by atoms with Crippen molar-refractivity contribution in [3.05, 3.63) is 48.3 Å². The van der Waals surface area contributed by atoms with Gasteiger partial charge in [0, 0.05) is 11.8 Å². The van der Waals surface area contributed by atoms with Gasteiger partial charge in [-0.3, -0.25) is 4.79 Å². The Labute approximate surface area is 111 Å². The molecule has 98 valence electrons. The summed E-state index contributed by atoms with van der Waals surface area (Å²) in [5.74, 6) is -0.724. The van der Waals surface area contributed by atoms with E-state index in [-0.39, 0.29) is 0 Å². The molecule has 0 radical (unpaired) electrons. The number of carbonyl (C=O) groups is 1. The number of carboxylic acid groups (broad SMARTS) is 1. The lowest BCUT2D eigenvalue weighted by atomic mass is 9.81. The third-order valence-corrected chi connectivity index (χ3v) is 4.02. The number of hydrogen-bond donors (Lipinski definition) is 1. The predicted octanol–water partition coefficient (Wildman–Crippen LogP) is 2.77. The van der Waals surface area contributed by atoms with Gasteiger partial charge in [0.2, 0.25) is 0 Å². The van der Waals surface area contributed by atoms with E-state index in [1.54, 1.807) is 10.9 Å². The summed E-state index contributed by atoms with van der Waals surface area (Å²) >= 11 is 0. The highest BCUT2D eigenvalue weighted by molar-refractivity contribution is 5.81. The number of para-hydroxylation sites is 1. The molecular formula is C15H16N2O2. The molecule has 0 atom stereocenters. The molecule has 1 aliphatic carbocycles. The molecule has 3 rings (SSSR count). The SMILES string of the molecule is O=C(O)C1(c2cnn(-c3ccccc3)c2)CCCC1. The van der Waals surface area contributed by atoms with Gasteiger partial charge >= 0.3 is 5.97 Å². The normalized spacial score (nSPS) is 17.5. The van der Waals surface area contributed by atoms with E-state index >= 15 is 0 Å². The van der Waals surface area contributed by atoms with Crippen molar-refractivity contribution in [2.24, 2.45) is 0 Å². The van der Waals surface area contributed by atoms with E-state index < -0.39 is 11.4 Å². The van der Waals surface area contributed by atoms with Crippen molar-refractivity contribution in [3.63, 3.8) is 0 Å². The Hall–Kier alpha value is -2.10. The average molecular weight is 256 g/mol. The molecule has 1 aromatic heterocycles. The van der Waals surface area contributed by atoms with Crippen LogP contribution in [0.15, 0.2) is 42.7 Å². The van der Waals surface area contributed by atoms with Gasteiger partial charge in [0.05, 0.1) is 17.3 Å². The molecule has 0 spiro atoms. The smallest absolute Gasteiger partial charge is 0.314 e. The third kappa shape index (κ3) is 1.93. The lowest BCUT2D eigenvalue weighted by Gasteiger charge is -2.21. The van der Waals surface area contributed by atoms with E-state index in [1.165, 1.54) is 0 Å². The lowest BCUT2D eigenvalue weighted by molar-refractivity contribution is -0.143. The molecule has 1 heterocycles. The van der Waals surface area contributed by atoms with Gasteiger partial charge in [0.15, 0.2) is 0 Å². The largest absolute Gasteiger partial charge is 0.481 e. The number of rotatable bonds is 3. The zero-order chi connectivity index (χ0) is 13.3. The van der Waals surface area contributed by atoms with Crippen molar-refractivity contribution in [3.8, 4) is 5.69 Å². The maximum Gasteiger partial charge on any atom is 0.314 e. The Morgan fingerprint density at radius 1 is 1.21 bits per heavy atom. The van der Waals surface area contributed by atoms with E-state index in [4.69, 9.17) is 0 Å². The molecular weight excluding hydrogens is 240 g/mol. The topological polar surface area (TPSA) is 55.1 Å². The predicted molar refractivity (Wildman–Crippen MR) is 71.3 cm³/mol. The third-order valence-electron chi connectivity index (χ3n) is 4.02. The summed E-state index contributed by atoms with van der Waals surface area (Å²) in [6.07, 6.45) is 6.93. The van der Waals surface area contributed by atoms with Crippen LogP contribution in [0.5, 0.6) is 0 Å². The van der Waals surface area contributed by atoms with Gasteiger partial charge in [-0.15, -0.1) is 0 Å². The molecule has 0 saturated heterocycles. The first-order chi connectivity index (χ1) is 9.22. The van der Waals surface area contributed by atoms with Crippen molar-refractivity contribution < 1.29 is 9.90 Å². The van der Waals surface area contributed by atoms with Crippen LogP contribution in [-0.4, -0.2) is 20.9 Å². The van der Waals surface area contributed by atoms with Crippen molar-refractivity contribution in [2.45, 2.75) is 31.1 Å². The minimum Gasteiger partial charge on any atom is -0.481 e. The molecule has 1 aromatic carbocycles. The molecule has 19 heavy (non-hydrogen) atoms. The summed E-state index contributed by atoms with van der Waals surface area (Å²) in [4.78, 5) is 11.6. The highest BCUT2D eigenvalue weighted by Crippen LogP contribution is 2.41. The van der Waals surface area contributed by atoms with E-state index in [1.807, 2.05) is 36.5 Å². The summed E-state index contributed by atoms with van der Waals surface area (Å²) in [7, 11) is 0. The van der Waals surface area contributed by atoms with Gasteiger partial charge in [-0.1, -0.05) is 31.0 Å². The summed E-state index contributed by atoms with van der Waals surface area (Å²) in [6.45, 7) is 0. The van der Waals surface area contributed by atoms with Crippen LogP contribution in [0.3, 0.4) is 0 Å². The van der Waals surface area contributed by atoms with Crippen LogP contribution in [0.1, 0.15) is 31.2 Å². The first-order valence-electron chi connectivity index (χ1n) is 6.56. The molecule has 0 bridgehead atoms. The van der Waals surface area contributed by atoms with Crippen LogP contribution in [0.2, 0.25) is 0 Å². The standard InChI is InChI=1S/C15H16N2O2/c18-14(19)15(8-4-5-9-15)12-10-16-17(11-12)13-6-2-1-3-7-13/h1-3,6-7,10-11H,4-5,8-9H2,(H,18,19). The zero-order valence-electron chi connectivity index (χ0n) is 10.6. The minimum atomic E-state index is -0.729. The molecule has 1 N–H and O–H groups in total. The fourth-order valence-corrected chi connectivity index (χ4v) is 2.90. The highest BCUT2D eigenvalue weighted by atomic mass is 16.4. The Morgan fingerprint density at radius 3 is 2.53 bits per heavy atom. The minimum absolute atomic E-state index is 0.711. The first kappa shape index (κ1) is 12.0. The molecule has 4 nitrogen and oxygen atoms in total. The van der Waals surface area contributed by atoms with E-state index in [9.17, 15) is 9.90 Å². The maximum absolute atomic E-state index is 11.6. The van der Waals surface area contributed by atoms with Gasteiger partial charge in [-0.25, -0.2) is 4.68 Å². The summed E-state index contributed by atoms with van der Waals surface area (Å²) < 4.78 is 1.75. The van der Waals surface area contributed by atoms with E-state index in [0.717, 1.165) is 24.1 Å². The second-order valence-corrected chi connectivity index (χ2v) is 5.10. The fraction of sp³-hybridized carbons (Fsp3) is 0.333. The van der Waals surface area contributed by atoms with Gasteiger partial charge in [-0.05, 0) is 25.0 Å². The summed E-state index contributed by atoms with van der Waals surface area (Å²) in [5.41, 5.74) is 1.04. The Balaban J connectivity index is 1.99. The number of hydrogen-bond acceptors (Lipinski definition) is 2. The fourth-order valence-electron chi connectivity index (χ4n) is 2.90. The first-order valence-corrected chi connectivity index (χ1v) is 6.56. The van der Waals surface area contributed by atoms with Crippen molar-refractivity contribution in [1.82, 2.24) is 9.78 Å². The molecule has 0 aliphatic heterocycles. The Morgan fingerprint density at radius 2 is 1.89 bits per heavy atom. The Kier molecular flexibility index (Phi) is 2.85. The van der Waals surface area contributed by atoms with Gasteiger partial charge < -0.3 is 5.11 Å². The van der Waals surface area contributed by atoms with Crippen LogP contribution in [0, 0.1) is 0 Å². The quantitative estimate of drug-likeness (QED) is 0.918. The second kappa shape index (κ2) is 4.53. The number of nitrogens with zero attached hydrogens (tertiary/aromatic N) is 2. The highest BCUT2D eigenvalue weighted by Gasteiger charge is 2.43. The number of aromatic nitrogens is 2. The lowest BCUT2D eigenvalue weighted by Crippen LogP contribution is -2.32. The molecule has 2 aromatic rings. The van der Waals surface area contributed by atoms with Crippen LogP contribution in [0.25, 0.3) is 5.69 Å². The van der Waals surface area contributed by atoms with E-state index in [0.29, 0.717) is 12.8 Å². The van der Waals surface area contributed by atoms with Gasteiger partial charge in [-0.2, -0.15) is 5.10 Å². The summed E-state index contributed by atoms with van der Waals surface area (Å²) in [6, 6.07) is 9.75. The number of carboxylic acids is 1. The van der Waals surface area contributed by atoms with Crippen LogP contribution in [-0.2, 0) is 10.2 Å².